The van der Waals surface area contributed by atoms with Crippen LogP contribution < -0.4 is 5.73 Å². The van der Waals surface area contributed by atoms with Gasteiger partial charge in [-0.3, -0.25) is 9.79 Å². The summed E-state index contributed by atoms with van der Waals surface area (Å²) in [6.45, 7) is 29.1. The molecule has 0 unspecified atom stereocenters. The Labute approximate surface area is 223 Å². The Bertz CT molecular complexity index is 1350. The Morgan fingerprint density at radius 1 is 1.24 bits per heavy atom. The SMILES string of the molecule is C=C1C2=C(C)[C@]3(C)C(=C)C(C(N)=O)=C(C)C[C@@H]3C[C@]2(C)Cc2c(C(C)=NCC)cc(C(C)(C)C)c(O)c21. The second-order valence-electron chi connectivity index (χ2n) is 13.0. The van der Waals surface area contributed by atoms with Gasteiger partial charge in [0, 0.05) is 34.4 Å². The van der Waals surface area contributed by atoms with Crippen LogP contribution >= 0.6 is 0 Å². The molecule has 1 aromatic rings. The van der Waals surface area contributed by atoms with Crippen LogP contribution in [0.1, 0.15) is 97.4 Å². The molecule has 3 aliphatic carbocycles. The van der Waals surface area contributed by atoms with Gasteiger partial charge in [-0.25, -0.2) is 0 Å². The molecule has 1 amide bonds. The highest BCUT2D eigenvalue weighted by Crippen LogP contribution is 2.65. The zero-order chi connectivity index (χ0) is 27.8. The first-order valence-electron chi connectivity index (χ1n) is 13.5. The quantitative estimate of drug-likeness (QED) is 0.431. The number of hydrogen-bond acceptors (Lipinski definition) is 3. The summed E-state index contributed by atoms with van der Waals surface area (Å²) in [4.78, 5) is 17.2. The molecule has 0 heterocycles. The van der Waals surface area contributed by atoms with Crippen molar-refractivity contribution in [2.24, 2.45) is 27.5 Å². The van der Waals surface area contributed by atoms with Crippen LogP contribution in [-0.2, 0) is 16.6 Å². The zero-order valence-corrected chi connectivity index (χ0v) is 24.3. The number of amides is 1. The Hall–Kier alpha value is -2.88. The number of benzene rings is 1. The monoisotopic (exact) mass is 500 g/mol. The number of nitrogens with two attached hydrogens (primary N) is 1. The maximum absolute atomic E-state index is 12.4. The van der Waals surface area contributed by atoms with Crippen LogP contribution in [0.25, 0.3) is 5.57 Å². The summed E-state index contributed by atoms with van der Waals surface area (Å²) in [5, 5.41) is 11.7. The fraction of sp³-hybridized carbons (Fsp3) is 0.515. The lowest BCUT2D eigenvalue weighted by atomic mass is 9.47. The fourth-order valence-corrected chi connectivity index (χ4v) is 7.67. The van der Waals surface area contributed by atoms with Crippen LogP contribution in [0, 0.1) is 16.7 Å². The van der Waals surface area contributed by atoms with Gasteiger partial charge in [-0.05, 0) is 97.6 Å². The summed E-state index contributed by atoms with van der Waals surface area (Å²) in [7, 11) is 0. The van der Waals surface area contributed by atoms with E-state index in [1.165, 1.54) is 11.1 Å². The number of aromatic hydroxyl groups is 1. The summed E-state index contributed by atoms with van der Waals surface area (Å²) < 4.78 is 0. The van der Waals surface area contributed by atoms with Crippen molar-refractivity contribution in [3.63, 3.8) is 0 Å². The number of fused-ring (bicyclic) bond motifs is 3. The van der Waals surface area contributed by atoms with Gasteiger partial charge in [-0.1, -0.05) is 58.9 Å². The lowest BCUT2D eigenvalue weighted by Gasteiger charge is -2.56. The lowest BCUT2D eigenvalue weighted by molar-refractivity contribution is -0.114. The second-order valence-corrected chi connectivity index (χ2v) is 13.0. The van der Waals surface area contributed by atoms with Gasteiger partial charge in [-0.2, -0.15) is 0 Å². The maximum atomic E-state index is 12.4. The number of phenols is 1. The highest BCUT2D eigenvalue weighted by Gasteiger charge is 2.55. The molecule has 0 spiro atoms. The van der Waals surface area contributed by atoms with E-state index in [4.69, 9.17) is 10.7 Å². The standard InChI is InChI=1S/C33H44N2O2/c1-12-35-21(6)23-14-25(31(7,8)9)29(36)27-18(3)28-20(5)33(11)19(4)26(30(34)37)17(2)13-22(33)15-32(28,10)16-24(23)27/h14,22,36H,3-4,12-13,15-16H2,1-2,5-11H3,(H2,34,37)/t22-,32-,33+/m1/s1. The van der Waals surface area contributed by atoms with Crippen molar-refractivity contribution in [2.75, 3.05) is 6.54 Å². The van der Waals surface area contributed by atoms with Crippen LogP contribution in [0.5, 0.6) is 5.75 Å². The van der Waals surface area contributed by atoms with E-state index < -0.39 is 11.3 Å². The third-order valence-electron chi connectivity index (χ3n) is 9.60. The molecule has 0 fully saturated rings. The van der Waals surface area contributed by atoms with Crippen molar-refractivity contribution in [3.8, 4) is 5.75 Å². The number of carbonyl (C=O) groups excluding carboxylic acids is 1. The molecule has 1 aromatic carbocycles. The molecular formula is C33H44N2O2. The average molecular weight is 501 g/mol. The number of allylic oxidation sites excluding steroid dienone is 4. The number of phenolic OH excluding ortho intramolecular Hbond substituents is 1. The Morgan fingerprint density at radius 2 is 1.86 bits per heavy atom. The van der Waals surface area contributed by atoms with Crippen molar-refractivity contribution in [1.29, 1.82) is 0 Å². The topological polar surface area (TPSA) is 75.7 Å². The average Bonchev–Trinajstić information content (AvgIpc) is 2.75. The number of rotatable bonds is 3. The Balaban J connectivity index is 2.04. The van der Waals surface area contributed by atoms with Crippen molar-refractivity contribution >= 4 is 17.2 Å². The molecular weight excluding hydrogens is 456 g/mol. The lowest BCUT2D eigenvalue weighted by Crippen LogP contribution is -2.47. The van der Waals surface area contributed by atoms with Gasteiger partial charge in [0.1, 0.15) is 5.75 Å². The van der Waals surface area contributed by atoms with E-state index >= 15 is 0 Å². The number of carbonyl (C=O) groups is 1. The normalized spacial score (nSPS) is 28.2. The van der Waals surface area contributed by atoms with Crippen LogP contribution in [0.3, 0.4) is 0 Å². The first-order valence-corrected chi connectivity index (χ1v) is 13.5. The van der Waals surface area contributed by atoms with E-state index in [9.17, 15) is 9.90 Å². The molecule has 3 aliphatic rings. The minimum Gasteiger partial charge on any atom is -0.507 e. The van der Waals surface area contributed by atoms with E-state index in [2.05, 4.69) is 74.6 Å². The molecule has 4 rings (SSSR count). The van der Waals surface area contributed by atoms with Crippen LogP contribution in [-0.4, -0.2) is 23.3 Å². The van der Waals surface area contributed by atoms with Gasteiger partial charge in [-0.15, -0.1) is 0 Å². The molecule has 37 heavy (non-hydrogen) atoms. The molecule has 0 bridgehead atoms. The molecule has 4 nitrogen and oxygen atoms in total. The smallest absolute Gasteiger partial charge is 0.248 e. The van der Waals surface area contributed by atoms with Crippen molar-refractivity contribution < 1.29 is 9.90 Å². The molecule has 4 heteroatoms. The summed E-state index contributed by atoms with van der Waals surface area (Å²) in [5.41, 5.74) is 15.8. The molecule has 198 valence electrons. The van der Waals surface area contributed by atoms with Gasteiger partial charge in [0.2, 0.25) is 5.91 Å². The van der Waals surface area contributed by atoms with E-state index in [1.54, 1.807) is 0 Å². The van der Waals surface area contributed by atoms with Crippen LogP contribution in [0.4, 0.5) is 0 Å². The fourth-order valence-electron chi connectivity index (χ4n) is 7.67. The summed E-state index contributed by atoms with van der Waals surface area (Å²) in [6, 6.07) is 2.16. The molecule has 0 aromatic heterocycles. The molecule has 3 N–H and O–H groups in total. The van der Waals surface area contributed by atoms with E-state index in [0.717, 1.165) is 63.9 Å². The second kappa shape index (κ2) is 8.58. The van der Waals surface area contributed by atoms with Gasteiger partial charge in [0.15, 0.2) is 0 Å². The molecule has 3 atom stereocenters. The highest BCUT2D eigenvalue weighted by molar-refractivity contribution is 6.04. The third kappa shape index (κ3) is 3.78. The van der Waals surface area contributed by atoms with Gasteiger partial charge < -0.3 is 10.8 Å². The summed E-state index contributed by atoms with van der Waals surface area (Å²) in [5.74, 6) is 0.234. The summed E-state index contributed by atoms with van der Waals surface area (Å²) >= 11 is 0. The van der Waals surface area contributed by atoms with E-state index in [-0.39, 0.29) is 10.8 Å². The van der Waals surface area contributed by atoms with Crippen molar-refractivity contribution in [2.45, 2.75) is 87.0 Å². The zero-order valence-electron chi connectivity index (χ0n) is 24.3. The number of hydrogen-bond donors (Lipinski definition) is 2. The number of aliphatic imine (C=N–C) groups is 1. The van der Waals surface area contributed by atoms with Gasteiger partial charge in [0.25, 0.3) is 0 Å². The minimum absolute atomic E-state index is 0.153. The molecule has 0 saturated carbocycles. The largest absolute Gasteiger partial charge is 0.507 e. The van der Waals surface area contributed by atoms with Crippen molar-refractivity contribution in [3.05, 3.63) is 69.3 Å². The predicted molar refractivity (Wildman–Crippen MR) is 155 cm³/mol. The van der Waals surface area contributed by atoms with Gasteiger partial charge >= 0.3 is 0 Å². The first-order chi connectivity index (χ1) is 17.0. The third-order valence-corrected chi connectivity index (χ3v) is 9.60. The first kappa shape index (κ1) is 27.2. The Morgan fingerprint density at radius 3 is 2.41 bits per heavy atom. The molecule has 0 radical (unpaired) electrons. The Kier molecular flexibility index (Phi) is 6.30. The van der Waals surface area contributed by atoms with Crippen molar-refractivity contribution in [1.82, 2.24) is 0 Å². The molecule has 0 aliphatic heterocycles. The van der Waals surface area contributed by atoms with E-state index in [0.29, 0.717) is 23.8 Å². The predicted octanol–water partition coefficient (Wildman–Crippen LogP) is 7.20. The minimum atomic E-state index is -0.399. The number of primary amides is 1. The van der Waals surface area contributed by atoms with E-state index in [1.807, 2.05) is 6.92 Å². The number of nitrogens with zero attached hydrogens (tertiary/aromatic N) is 1. The van der Waals surface area contributed by atoms with Gasteiger partial charge in [0.05, 0.1) is 0 Å². The maximum Gasteiger partial charge on any atom is 0.248 e. The highest BCUT2D eigenvalue weighted by atomic mass is 16.3. The molecule has 0 saturated heterocycles. The van der Waals surface area contributed by atoms with Crippen LogP contribution in [0.15, 0.2) is 52.1 Å². The summed E-state index contributed by atoms with van der Waals surface area (Å²) in [6.07, 6.45) is 2.58. The van der Waals surface area contributed by atoms with Crippen LogP contribution in [0.2, 0.25) is 0 Å².